The first-order chi connectivity index (χ1) is 9.13. The molecule has 0 saturated carbocycles. The van der Waals surface area contributed by atoms with Gasteiger partial charge in [0.25, 0.3) is 0 Å². The summed E-state index contributed by atoms with van der Waals surface area (Å²) in [5, 5.41) is 9.66. The Bertz CT molecular complexity index is 546. The van der Waals surface area contributed by atoms with E-state index in [0.29, 0.717) is 6.54 Å². The van der Waals surface area contributed by atoms with Crippen molar-refractivity contribution in [3.8, 4) is 0 Å². The third-order valence-corrected chi connectivity index (χ3v) is 2.60. The second-order valence-electron chi connectivity index (χ2n) is 4.45. The summed E-state index contributed by atoms with van der Waals surface area (Å²) in [5.41, 5.74) is 2.76. The van der Waals surface area contributed by atoms with E-state index >= 15 is 0 Å². The van der Waals surface area contributed by atoms with E-state index in [1.165, 1.54) is 0 Å². The van der Waals surface area contributed by atoms with Gasteiger partial charge in [0.05, 0.1) is 12.2 Å². The highest BCUT2D eigenvalue weighted by molar-refractivity contribution is 5.92. The first-order valence-electron chi connectivity index (χ1n) is 6.13. The summed E-state index contributed by atoms with van der Waals surface area (Å²) >= 11 is 0. The van der Waals surface area contributed by atoms with Gasteiger partial charge < -0.3 is 15.2 Å². The monoisotopic (exact) mass is 259 g/mol. The van der Waals surface area contributed by atoms with Gasteiger partial charge in [-0.25, -0.2) is 0 Å². The Morgan fingerprint density at radius 3 is 2.63 bits per heavy atom. The van der Waals surface area contributed by atoms with Crippen LogP contribution in [0.4, 0.5) is 5.69 Å². The van der Waals surface area contributed by atoms with Crippen LogP contribution in [-0.4, -0.2) is 17.6 Å². The molecule has 1 aromatic carbocycles. The Morgan fingerprint density at radius 2 is 2.00 bits per heavy atom. The van der Waals surface area contributed by atoms with Crippen molar-refractivity contribution < 1.29 is 9.32 Å². The molecule has 1 aromatic heterocycles. The molecule has 19 heavy (non-hydrogen) atoms. The minimum atomic E-state index is -0.0796. The van der Waals surface area contributed by atoms with Crippen molar-refractivity contribution in [1.29, 1.82) is 0 Å². The molecular formula is C14H17N3O2. The molecular weight excluding hydrogens is 242 g/mol. The smallest absolute Gasteiger partial charge is 0.238 e. The van der Waals surface area contributed by atoms with Crippen molar-refractivity contribution in [3.63, 3.8) is 0 Å². The van der Waals surface area contributed by atoms with Gasteiger partial charge in [0.1, 0.15) is 5.76 Å². The van der Waals surface area contributed by atoms with E-state index in [-0.39, 0.29) is 12.5 Å². The van der Waals surface area contributed by atoms with Crippen LogP contribution in [0.15, 0.2) is 34.9 Å². The van der Waals surface area contributed by atoms with Crippen LogP contribution in [-0.2, 0) is 11.3 Å². The SMILES string of the molecule is Cc1ccc(NC(=O)CNCc2cc(C)on2)cc1. The summed E-state index contributed by atoms with van der Waals surface area (Å²) in [5.74, 6) is 0.685. The summed E-state index contributed by atoms with van der Waals surface area (Å²) in [4.78, 5) is 11.7. The molecule has 2 aromatic rings. The summed E-state index contributed by atoms with van der Waals surface area (Å²) < 4.78 is 4.94. The maximum absolute atomic E-state index is 11.7. The third-order valence-electron chi connectivity index (χ3n) is 2.60. The Morgan fingerprint density at radius 1 is 1.26 bits per heavy atom. The second-order valence-corrected chi connectivity index (χ2v) is 4.45. The summed E-state index contributed by atoms with van der Waals surface area (Å²) in [7, 11) is 0. The lowest BCUT2D eigenvalue weighted by molar-refractivity contribution is -0.115. The van der Waals surface area contributed by atoms with Crippen LogP contribution in [0.25, 0.3) is 0 Å². The molecule has 0 bridgehead atoms. The molecule has 0 aliphatic rings. The van der Waals surface area contributed by atoms with Crippen molar-refractivity contribution in [1.82, 2.24) is 10.5 Å². The van der Waals surface area contributed by atoms with Gasteiger partial charge in [-0.05, 0) is 26.0 Å². The minimum Gasteiger partial charge on any atom is -0.361 e. The second kappa shape index (κ2) is 6.15. The van der Waals surface area contributed by atoms with Crippen LogP contribution in [0.2, 0.25) is 0 Å². The highest BCUT2D eigenvalue weighted by atomic mass is 16.5. The first-order valence-corrected chi connectivity index (χ1v) is 6.13. The predicted octanol–water partition coefficient (Wildman–Crippen LogP) is 2.02. The van der Waals surface area contributed by atoms with Crippen LogP contribution in [0, 0.1) is 13.8 Å². The van der Waals surface area contributed by atoms with Gasteiger partial charge in [0.2, 0.25) is 5.91 Å². The molecule has 5 nitrogen and oxygen atoms in total. The fourth-order valence-corrected chi connectivity index (χ4v) is 1.65. The first kappa shape index (κ1) is 13.3. The standard InChI is InChI=1S/C14H17N3O2/c1-10-3-5-12(6-4-10)16-14(18)9-15-8-13-7-11(2)19-17-13/h3-7,15H,8-9H2,1-2H3,(H,16,18). The number of nitrogens with one attached hydrogen (secondary N) is 2. The quantitative estimate of drug-likeness (QED) is 0.862. The number of anilines is 1. The summed E-state index contributed by atoms with van der Waals surface area (Å²) in [6.45, 7) is 4.59. The van der Waals surface area contributed by atoms with Gasteiger partial charge in [-0.2, -0.15) is 0 Å². The number of nitrogens with zero attached hydrogens (tertiary/aromatic N) is 1. The van der Waals surface area contributed by atoms with Crippen LogP contribution in [0.3, 0.4) is 0 Å². The average molecular weight is 259 g/mol. The molecule has 0 fully saturated rings. The molecule has 0 aliphatic heterocycles. The molecule has 2 rings (SSSR count). The normalized spacial score (nSPS) is 10.4. The fraction of sp³-hybridized carbons (Fsp3) is 0.286. The maximum Gasteiger partial charge on any atom is 0.238 e. The number of aromatic nitrogens is 1. The molecule has 2 N–H and O–H groups in total. The molecule has 0 unspecified atom stereocenters. The number of benzene rings is 1. The van der Waals surface area contributed by atoms with Gasteiger partial charge in [0, 0.05) is 18.3 Å². The van der Waals surface area contributed by atoms with E-state index in [1.54, 1.807) is 0 Å². The van der Waals surface area contributed by atoms with Crippen LogP contribution in [0.1, 0.15) is 17.0 Å². The zero-order valence-corrected chi connectivity index (χ0v) is 11.1. The lowest BCUT2D eigenvalue weighted by Gasteiger charge is -2.06. The van der Waals surface area contributed by atoms with Gasteiger partial charge in [0.15, 0.2) is 0 Å². The Balaban J connectivity index is 1.74. The van der Waals surface area contributed by atoms with E-state index in [2.05, 4.69) is 15.8 Å². The molecule has 5 heteroatoms. The van der Waals surface area contributed by atoms with Crippen LogP contribution >= 0.6 is 0 Å². The van der Waals surface area contributed by atoms with Crippen LogP contribution in [0.5, 0.6) is 0 Å². The zero-order valence-electron chi connectivity index (χ0n) is 11.1. The van der Waals surface area contributed by atoms with Gasteiger partial charge in [-0.3, -0.25) is 4.79 Å². The minimum absolute atomic E-state index is 0.0796. The lowest BCUT2D eigenvalue weighted by Crippen LogP contribution is -2.27. The zero-order chi connectivity index (χ0) is 13.7. The van der Waals surface area contributed by atoms with E-state index in [1.807, 2.05) is 44.2 Å². The molecule has 0 spiro atoms. The summed E-state index contributed by atoms with van der Waals surface area (Å²) in [6, 6.07) is 9.52. The number of carbonyl (C=O) groups excluding carboxylic acids is 1. The Labute approximate surface area is 112 Å². The number of rotatable bonds is 5. The van der Waals surface area contributed by atoms with Crippen molar-refractivity contribution >= 4 is 11.6 Å². The molecule has 0 atom stereocenters. The van der Waals surface area contributed by atoms with Gasteiger partial charge in [-0.1, -0.05) is 22.9 Å². The number of hydrogen-bond donors (Lipinski definition) is 2. The van der Waals surface area contributed by atoms with Crippen molar-refractivity contribution in [2.75, 3.05) is 11.9 Å². The Kier molecular flexibility index (Phi) is 4.30. The molecule has 0 aliphatic carbocycles. The maximum atomic E-state index is 11.7. The lowest BCUT2D eigenvalue weighted by atomic mass is 10.2. The van der Waals surface area contributed by atoms with Gasteiger partial charge >= 0.3 is 0 Å². The number of hydrogen-bond acceptors (Lipinski definition) is 4. The molecule has 1 heterocycles. The van der Waals surface area contributed by atoms with E-state index in [0.717, 1.165) is 22.7 Å². The number of carbonyl (C=O) groups is 1. The van der Waals surface area contributed by atoms with Crippen molar-refractivity contribution in [2.24, 2.45) is 0 Å². The highest BCUT2D eigenvalue weighted by Gasteiger charge is 2.03. The molecule has 1 amide bonds. The molecule has 0 saturated heterocycles. The summed E-state index contributed by atoms with van der Waals surface area (Å²) in [6.07, 6.45) is 0. The van der Waals surface area contributed by atoms with Crippen molar-refractivity contribution in [3.05, 3.63) is 47.3 Å². The molecule has 100 valence electrons. The third kappa shape index (κ3) is 4.22. The fourth-order valence-electron chi connectivity index (χ4n) is 1.65. The Hall–Kier alpha value is -2.14. The average Bonchev–Trinajstić information content (AvgIpc) is 2.78. The number of aryl methyl sites for hydroxylation is 2. The number of amides is 1. The topological polar surface area (TPSA) is 67.2 Å². The molecule has 0 radical (unpaired) electrons. The van der Waals surface area contributed by atoms with E-state index in [4.69, 9.17) is 4.52 Å². The van der Waals surface area contributed by atoms with Crippen LogP contribution < -0.4 is 10.6 Å². The predicted molar refractivity (Wildman–Crippen MR) is 72.8 cm³/mol. The van der Waals surface area contributed by atoms with E-state index in [9.17, 15) is 4.79 Å². The van der Waals surface area contributed by atoms with Gasteiger partial charge in [-0.15, -0.1) is 0 Å². The largest absolute Gasteiger partial charge is 0.361 e. The highest BCUT2D eigenvalue weighted by Crippen LogP contribution is 2.08. The van der Waals surface area contributed by atoms with Crippen molar-refractivity contribution in [2.45, 2.75) is 20.4 Å². The van der Waals surface area contributed by atoms with E-state index < -0.39 is 0 Å².